The minimum atomic E-state index is -1.53. The van der Waals surface area contributed by atoms with E-state index in [0.29, 0.717) is 34.8 Å². The average Bonchev–Trinajstić information content (AvgIpc) is 2.79. The predicted octanol–water partition coefficient (Wildman–Crippen LogP) is 3.57. The number of ketones is 1. The lowest BCUT2D eigenvalue weighted by molar-refractivity contribution is 0.0951. The summed E-state index contributed by atoms with van der Waals surface area (Å²) in [6, 6.07) is 15.7. The van der Waals surface area contributed by atoms with Gasteiger partial charge >= 0.3 is 0 Å². The molecule has 0 fully saturated rings. The first-order chi connectivity index (χ1) is 14.9. The van der Waals surface area contributed by atoms with Crippen LogP contribution in [-0.4, -0.2) is 33.2 Å². The van der Waals surface area contributed by atoms with Gasteiger partial charge in [0, 0.05) is 42.1 Å². The number of nitrogens with zero attached hydrogens (tertiary/aromatic N) is 2. The quantitative estimate of drug-likeness (QED) is 0.640. The highest BCUT2D eigenvalue weighted by Crippen LogP contribution is 2.32. The molecule has 0 aliphatic carbocycles. The number of Topliss-reactive ketones (excluding diaryl/α,β-unsaturated/α-hetero) is 1. The number of fused-ring (bicyclic) bond motifs is 1. The lowest BCUT2D eigenvalue weighted by atomic mass is 9.98. The molecule has 6 nitrogen and oxygen atoms in total. The van der Waals surface area contributed by atoms with Crippen LogP contribution in [0.5, 0.6) is 0 Å². The van der Waals surface area contributed by atoms with E-state index in [2.05, 4.69) is 10.3 Å². The summed E-state index contributed by atoms with van der Waals surface area (Å²) in [5.41, 5.74) is 3.03. The van der Waals surface area contributed by atoms with E-state index in [1.807, 2.05) is 12.1 Å². The number of nitrogens with one attached hydrogen (secondary N) is 1. The number of halogens is 1. The Labute approximate surface area is 187 Å². The maximum absolute atomic E-state index is 13.2. The smallest absolute Gasteiger partial charge is 0.251 e. The number of carbonyl (C=O) groups excluding carboxylic acids is 2. The number of hydrogen-bond acceptors (Lipinski definition) is 4. The Morgan fingerprint density at radius 2 is 1.97 bits per heavy atom. The van der Waals surface area contributed by atoms with Crippen molar-refractivity contribution in [3.8, 4) is 0 Å². The summed E-state index contributed by atoms with van der Waals surface area (Å²) in [6.07, 6.45) is 3.65. The molecule has 0 spiro atoms. The Kier molecular flexibility index (Phi) is 6.15. The van der Waals surface area contributed by atoms with Crippen LogP contribution in [0.25, 0.3) is 0 Å². The Morgan fingerprint density at radius 1 is 1.16 bits per heavy atom. The molecule has 2 heterocycles. The van der Waals surface area contributed by atoms with E-state index in [9.17, 15) is 13.8 Å². The maximum Gasteiger partial charge on any atom is 0.251 e. The summed E-state index contributed by atoms with van der Waals surface area (Å²) in [7, 11) is 0.155. The summed E-state index contributed by atoms with van der Waals surface area (Å²) < 4.78 is 14.6. The van der Waals surface area contributed by atoms with E-state index in [1.165, 1.54) is 0 Å². The van der Waals surface area contributed by atoms with Crippen LogP contribution in [-0.2, 0) is 24.0 Å². The fourth-order valence-electron chi connectivity index (χ4n) is 3.53. The van der Waals surface area contributed by atoms with Crippen LogP contribution < -0.4 is 9.62 Å². The normalized spacial score (nSPS) is 17.9. The third kappa shape index (κ3) is 4.52. The second-order valence-electron chi connectivity index (χ2n) is 7.24. The van der Waals surface area contributed by atoms with Gasteiger partial charge in [-0.05, 0) is 53.9 Å². The van der Waals surface area contributed by atoms with Crippen molar-refractivity contribution in [3.05, 3.63) is 94.3 Å². The highest BCUT2D eigenvalue weighted by molar-refractivity contribution is 7.88. The third-order valence-electron chi connectivity index (χ3n) is 5.16. The van der Waals surface area contributed by atoms with Gasteiger partial charge in [-0.2, -0.15) is 0 Å². The van der Waals surface area contributed by atoms with E-state index in [1.54, 1.807) is 66.2 Å². The summed E-state index contributed by atoms with van der Waals surface area (Å²) >= 11 is 6.06. The summed E-state index contributed by atoms with van der Waals surface area (Å²) in [4.78, 5) is 29.9. The van der Waals surface area contributed by atoms with Gasteiger partial charge in [0.25, 0.3) is 5.91 Å². The molecule has 0 saturated carbocycles. The summed E-state index contributed by atoms with van der Waals surface area (Å²) in [5, 5.41) is 2.65. The van der Waals surface area contributed by atoms with Crippen LogP contribution in [0.1, 0.15) is 31.8 Å². The minimum absolute atomic E-state index is 0.242. The van der Waals surface area contributed by atoms with Crippen molar-refractivity contribution in [1.82, 2.24) is 10.3 Å². The Hall–Kier alpha value is -3.03. The molecule has 1 aliphatic heterocycles. The lowest BCUT2D eigenvalue weighted by Crippen LogP contribution is -2.42. The standard InChI is InChI=1S/C23H20ClN3O3S/c1-27-20-8-7-17(23(29)26-14-16-5-3-9-25-13-16)12-19(20)22(28)21(31(27)30)11-15-4-2-6-18(24)10-15/h2-10,12-13,21H,11,14H2,1H3,(H,26,29). The van der Waals surface area contributed by atoms with Gasteiger partial charge in [0.1, 0.15) is 16.2 Å². The first-order valence-corrected chi connectivity index (χ1v) is 11.2. The van der Waals surface area contributed by atoms with Gasteiger partial charge in [-0.3, -0.25) is 18.9 Å². The number of benzene rings is 2. The molecule has 8 heteroatoms. The van der Waals surface area contributed by atoms with Crippen LogP contribution in [0, 0.1) is 0 Å². The van der Waals surface area contributed by atoms with Crippen molar-refractivity contribution in [1.29, 1.82) is 0 Å². The van der Waals surface area contributed by atoms with Crippen LogP contribution in [0.2, 0.25) is 5.02 Å². The molecule has 1 aromatic heterocycles. The number of hydrogen-bond donors (Lipinski definition) is 1. The molecule has 1 N–H and O–H groups in total. The Morgan fingerprint density at radius 3 is 2.71 bits per heavy atom. The SMILES string of the molecule is CN1c2ccc(C(=O)NCc3cccnc3)cc2C(=O)C(Cc2cccc(Cl)c2)S1=O. The van der Waals surface area contributed by atoms with Gasteiger partial charge in [0.05, 0.1) is 5.69 Å². The molecule has 0 radical (unpaired) electrons. The molecule has 0 bridgehead atoms. The van der Waals surface area contributed by atoms with Crippen molar-refractivity contribution < 1.29 is 13.8 Å². The van der Waals surface area contributed by atoms with E-state index in [0.717, 1.165) is 11.1 Å². The fourth-order valence-corrected chi connectivity index (χ4v) is 5.12. The Balaban J connectivity index is 1.57. The van der Waals surface area contributed by atoms with Gasteiger partial charge in [0.2, 0.25) is 0 Å². The molecule has 2 aromatic carbocycles. The van der Waals surface area contributed by atoms with Gasteiger partial charge in [-0.1, -0.05) is 29.8 Å². The minimum Gasteiger partial charge on any atom is -0.348 e. The highest BCUT2D eigenvalue weighted by Gasteiger charge is 2.37. The van der Waals surface area contributed by atoms with Crippen LogP contribution in [0.3, 0.4) is 0 Å². The Bertz CT molecular complexity index is 1170. The molecule has 2 unspecified atom stereocenters. The van der Waals surface area contributed by atoms with Crippen LogP contribution in [0.15, 0.2) is 67.0 Å². The maximum atomic E-state index is 13.2. The molecule has 1 aliphatic rings. The highest BCUT2D eigenvalue weighted by atomic mass is 35.5. The number of rotatable bonds is 5. The van der Waals surface area contributed by atoms with Crippen molar-refractivity contribution in [2.75, 3.05) is 11.4 Å². The molecule has 0 saturated heterocycles. The van der Waals surface area contributed by atoms with E-state index < -0.39 is 16.2 Å². The monoisotopic (exact) mass is 453 g/mol. The molecule has 2 atom stereocenters. The third-order valence-corrected chi connectivity index (χ3v) is 6.99. The summed E-state index contributed by atoms with van der Waals surface area (Å²) in [5.74, 6) is -0.534. The first kappa shape index (κ1) is 21.2. The second-order valence-corrected chi connectivity index (χ2v) is 9.34. The van der Waals surface area contributed by atoms with Gasteiger partial charge < -0.3 is 5.32 Å². The predicted molar refractivity (Wildman–Crippen MR) is 122 cm³/mol. The molecule has 3 aromatic rings. The van der Waals surface area contributed by atoms with Crippen molar-refractivity contribution in [2.45, 2.75) is 18.2 Å². The van der Waals surface area contributed by atoms with Crippen LogP contribution >= 0.6 is 11.6 Å². The number of aromatic nitrogens is 1. The number of carbonyl (C=O) groups is 2. The summed E-state index contributed by atoms with van der Waals surface area (Å²) in [6.45, 7) is 0.332. The molecule has 1 amide bonds. The zero-order valence-corrected chi connectivity index (χ0v) is 18.3. The fraction of sp³-hybridized carbons (Fsp3) is 0.174. The number of anilines is 1. The molecule has 158 valence electrons. The van der Waals surface area contributed by atoms with Crippen LogP contribution in [0.4, 0.5) is 5.69 Å². The molecular weight excluding hydrogens is 434 g/mol. The van der Waals surface area contributed by atoms with Gasteiger partial charge in [-0.15, -0.1) is 0 Å². The van der Waals surface area contributed by atoms with E-state index in [-0.39, 0.29) is 11.7 Å². The second kappa shape index (κ2) is 8.99. The average molecular weight is 454 g/mol. The molecular formula is C23H20ClN3O3S. The van der Waals surface area contributed by atoms with Gasteiger partial charge in [0.15, 0.2) is 5.78 Å². The van der Waals surface area contributed by atoms with E-state index >= 15 is 0 Å². The first-order valence-electron chi connectivity index (χ1n) is 9.68. The number of amides is 1. The number of pyridine rings is 1. The van der Waals surface area contributed by atoms with Crippen molar-refractivity contribution in [3.63, 3.8) is 0 Å². The zero-order valence-electron chi connectivity index (χ0n) is 16.7. The largest absolute Gasteiger partial charge is 0.348 e. The topological polar surface area (TPSA) is 79.4 Å². The zero-order chi connectivity index (χ0) is 22.0. The van der Waals surface area contributed by atoms with Gasteiger partial charge in [-0.25, -0.2) is 4.21 Å². The lowest BCUT2D eigenvalue weighted by Gasteiger charge is -2.31. The molecule has 31 heavy (non-hydrogen) atoms. The van der Waals surface area contributed by atoms with Crippen molar-refractivity contribution >= 4 is 40.0 Å². The van der Waals surface area contributed by atoms with E-state index in [4.69, 9.17) is 11.6 Å². The molecule has 4 rings (SSSR count). The van der Waals surface area contributed by atoms with Crippen molar-refractivity contribution in [2.24, 2.45) is 0 Å².